The molecule has 22 heavy (non-hydrogen) atoms. The van der Waals surface area contributed by atoms with Crippen LogP contribution in [0.15, 0.2) is 18.2 Å². The minimum Gasteiger partial charge on any atom is -0.478 e. The monoisotopic (exact) mass is 334 g/mol. The van der Waals surface area contributed by atoms with Crippen LogP contribution in [0.4, 0.5) is 14.5 Å². The predicted octanol–water partition coefficient (Wildman–Crippen LogP) is 2.08. The number of anilines is 1. The van der Waals surface area contributed by atoms with Gasteiger partial charge in [0, 0.05) is 25.9 Å². The Labute approximate surface area is 126 Å². The maximum Gasteiger partial charge on any atom is 0.335 e. The second kappa shape index (κ2) is 5.81. The van der Waals surface area contributed by atoms with Gasteiger partial charge in [-0.1, -0.05) is 0 Å². The van der Waals surface area contributed by atoms with E-state index in [1.54, 1.807) is 6.92 Å². The average molecular weight is 334 g/mol. The molecule has 1 heterocycles. The third-order valence-electron chi connectivity index (χ3n) is 3.36. The van der Waals surface area contributed by atoms with Crippen LogP contribution in [0.3, 0.4) is 0 Å². The molecule has 0 spiro atoms. The Balaban J connectivity index is 2.17. The van der Waals surface area contributed by atoms with Gasteiger partial charge < -0.3 is 5.11 Å². The molecule has 0 saturated carbocycles. The molecule has 9 heteroatoms. The number of piperidine rings is 1. The first-order valence-corrected chi connectivity index (χ1v) is 8.04. The summed E-state index contributed by atoms with van der Waals surface area (Å²) in [7, 11) is -3.99. The molecule has 0 unspecified atom stereocenters. The standard InChI is InChI=1S/C13H16F2N2O4S/c1-9-6-10(12(18)19)8-11(7-9)16-22(20,21)17-4-2-13(14,15)3-5-17/h6-8,16H,2-5H2,1H3,(H,18,19). The first kappa shape index (κ1) is 16.6. The number of halogens is 2. The number of carbonyl (C=O) groups is 1. The van der Waals surface area contributed by atoms with Crippen LogP contribution >= 0.6 is 0 Å². The lowest BCUT2D eigenvalue weighted by Crippen LogP contribution is -2.45. The highest BCUT2D eigenvalue weighted by molar-refractivity contribution is 7.90. The molecule has 0 atom stereocenters. The van der Waals surface area contributed by atoms with Crippen molar-refractivity contribution >= 4 is 21.9 Å². The van der Waals surface area contributed by atoms with Gasteiger partial charge in [0.25, 0.3) is 5.92 Å². The number of alkyl halides is 2. The molecule has 122 valence electrons. The number of aryl methyl sites for hydroxylation is 1. The summed E-state index contributed by atoms with van der Waals surface area (Å²) in [4.78, 5) is 11.0. The fourth-order valence-electron chi connectivity index (χ4n) is 2.23. The van der Waals surface area contributed by atoms with Gasteiger partial charge in [0.05, 0.1) is 11.3 Å². The smallest absolute Gasteiger partial charge is 0.335 e. The minimum atomic E-state index is -3.99. The molecular weight excluding hydrogens is 318 g/mol. The summed E-state index contributed by atoms with van der Waals surface area (Å²) in [5.41, 5.74) is 0.611. The van der Waals surface area contributed by atoms with Gasteiger partial charge >= 0.3 is 16.2 Å². The van der Waals surface area contributed by atoms with E-state index < -0.39 is 34.9 Å². The highest BCUT2D eigenvalue weighted by atomic mass is 32.2. The summed E-state index contributed by atoms with van der Waals surface area (Å²) < 4.78 is 53.7. The van der Waals surface area contributed by atoms with Gasteiger partial charge in [-0.25, -0.2) is 13.6 Å². The van der Waals surface area contributed by atoms with Gasteiger partial charge in [-0.2, -0.15) is 12.7 Å². The summed E-state index contributed by atoms with van der Waals surface area (Å²) in [6.45, 7) is 1.07. The molecule has 0 aromatic heterocycles. The summed E-state index contributed by atoms with van der Waals surface area (Å²) in [5.74, 6) is -4.02. The number of benzene rings is 1. The number of rotatable bonds is 4. The summed E-state index contributed by atoms with van der Waals surface area (Å²) >= 11 is 0. The Morgan fingerprint density at radius 2 is 1.86 bits per heavy atom. The maximum absolute atomic E-state index is 13.1. The van der Waals surface area contributed by atoms with Crippen LogP contribution in [0, 0.1) is 6.92 Å². The lowest BCUT2D eigenvalue weighted by Gasteiger charge is -2.31. The van der Waals surface area contributed by atoms with E-state index >= 15 is 0 Å². The highest BCUT2D eigenvalue weighted by Gasteiger charge is 2.38. The lowest BCUT2D eigenvalue weighted by atomic mass is 10.1. The summed E-state index contributed by atoms with van der Waals surface area (Å²) in [6.07, 6.45) is -1.05. The first-order valence-electron chi connectivity index (χ1n) is 6.60. The number of hydrogen-bond acceptors (Lipinski definition) is 3. The SMILES string of the molecule is Cc1cc(NS(=O)(=O)N2CCC(F)(F)CC2)cc(C(=O)O)c1. The molecule has 0 bridgehead atoms. The van der Waals surface area contributed by atoms with Crippen LogP contribution in [0.2, 0.25) is 0 Å². The number of aromatic carboxylic acids is 1. The molecule has 2 N–H and O–H groups in total. The zero-order chi connectivity index (χ0) is 16.5. The van der Waals surface area contributed by atoms with Crippen LogP contribution in [0.25, 0.3) is 0 Å². The van der Waals surface area contributed by atoms with Crippen molar-refractivity contribution in [3.8, 4) is 0 Å². The Morgan fingerprint density at radius 3 is 2.41 bits per heavy atom. The van der Waals surface area contributed by atoms with Crippen LogP contribution in [0.5, 0.6) is 0 Å². The third kappa shape index (κ3) is 3.92. The van der Waals surface area contributed by atoms with Crippen LogP contribution in [-0.4, -0.2) is 42.8 Å². The maximum atomic E-state index is 13.1. The molecule has 1 aliphatic heterocycles. The Hall–Kier alpha value is -1.74. The van der Waals surface area contributed by atoms with E-state index in [-0.39, 0.29) is 24.3 Å². The van der Waals surface area contributed by atoms with Crippen molar-refractivity contribution in [1.82, 2.24) is 4.31 Å². The van der Waals surface area contributed by atoms with Crippen LogP contribution < -0.4 is 4.72 Å². The minimum absolute atomic E-state index is 0.0529. The van der Waals surface area contributed by atoms with Crippen molar-refractivity contribution in [3.63, 3.8) is 0 Å². The second-order valence-corrected chi connectivity index (χ2v) is 6.93. The average Bonchev–Trinajstić information content (AvgIpc) is 2.36. The Bertz CT molecular complexity index is 681. The van der Waals surface area contributed by atoms with E-state index in [9.17, 15) is 22.0 Å². The zero-order valence-electron chi connectivity index (χ0n) is 11.8. The molecule has 1 aromatic carbocycles. The largest absolute Gasteiger partial charge is 0.478 e. The van der Waals surface area contributed by atoms with Crippen molar-refractivity contribution in [2.45, 2.75) is 25.7 Å². The third-order valence-corrected chi connectivity index (χ3v) is 4.90. The van der Waals surface area contributed by atoms with Crippen molar-refractivity contribution < 1.29 is 27.1 Å². The molecule has 0 amide bonds. The number of hydrogen-bond donors (Lipinski definition) is 2. The van der Waals surface area contributed by atoms with E-state index in [0.29, 0.717) is 5.56 Å². The first-order chi connectivity index (χ1) is 10.1. The molecule has 0 aliphatic carbocycles. The van der Waals surface area contributed by atoms with Gasteiger partial charge in [0.1, 0.15) is 0 Å². The van der Waals surface area contributed by atoms with E-state index in [1.807, 2.05) is 0 Å². The van der Waals surface area contributed by atoms with Crippen molar-refractivity contribution in [3.05, 3.63) is 29.3 Å². The second-order valence-electron chi connectivity index (χ2n) is 5.25. The van der Waals surface area contributed by atoms with Gasteiger partial charge in [0.2, 0.25) is 0 Å². The molecule has 0 radical (unpaired) electrons. The van der Waals surface area contributed by atoms with Crippen molar-refractivity contribution in [1.29, 1.82) is 0 Å². The normalized spacial score (nSPS) is 18.9. The van der Waals surface area contributed by atoms with E-state index in [1.165, 1.54) is 18.2 Å². The molecular formula is C13H16F2N2O4S. The van der Waals surface area contributed by atoms with Crippen molar-refractivity contribution in [2.24, 2.45) is 0 Å². The number of nitrogens with one attached hydrogen (secondary N) is 1. The Morgan fingerprint density at radius 1 is 1.27 bits per heavy atom. The highest BCUT2D eigenvalue weighted by Crippen LogP contribution is 2.29. The van der Waals surface area contributed by atoms with E-state index in [0.717, 1.165) is 4.31 Å². The van der Waals surface area contributed by atoms with Crippen LogP contribution in [0.1, 0.15) is 28.8 Å². The molecule has 1 saturated heterocycles. The Kier molecular flexibility index (Phi) is 4.39. The quantitative estimate of drug-likeness (QED) is 0.882. The van der Waals surface area contributed by atoms with Gasteiger partial charge in [-0.3, -0.25) is 4.72 Å². The number of carboxylic acid groups (broad SMARTS) is 1. The molecule has 1 aromatic rings. The zero-order valence-corrected chi connectivity index (χ0v) is 12.7. The lowest BCUT2D eigenvalue weighted by molar-refractivity contribution is -0.0411. The topological polar surface area (TPSA) is 86.7 Å². The summed E-state index contributed by atoms with van der Waals surface area (Å²) in [5, 5.41) is 8.97. The fraction of sp³-hybridized carbons (Fsp3) is 0.462. The van der Waals surface area contributed by atoms with Gasteiger partial charge in [0.15, 0.2) is 0 Å². The number of nitrogens with zero attached hydrogens (tertiary/aromatic N) is 1. The van der Waals surface area contributed by atoms with Gasteiger partial charge in [-0.15, -0.1) is 0 Å². The summed E-state index contributed by atoms with van der Waals surface area (Å²) in [6, 6.07) is 4.07. The van der Waals surface area contributed by atoms with Crippen LogP contribution in [-0.2, 0) is 10.2 Å². The molecule has 1 aliphatic rings. The number of carboxylic acids is 1. The molecule has 1 fully saturated rings. The fourth-order valence-corrected chi connectivity index (χ4v) is 3.44. The molecule has 6 nitrogen and oxygen atoms in total. The predicted molar refractivity (Wildman–Crippen MR) is 76.4 cm³/mol. The van der Waals surface area contributed by atoms with Gasteiger partial charge in [-0.05, 0) is 30.7 Å². The van der Waals surface area contributed by atoms with E-state index in [2.05, 4.69) is 4.72 Å². The van der Waals surface area contributed by atoms with Crippen molar-refractivity contribution in [2.75, 3.05) is 17.8 Å². The van der Waals surface area contributed by atoms with E-state index in [4.69, 9.17) is 5.11 Å². The molecule has 2 rings (SSSR count).